The summed E-state index contributed by atoms with van der Waals surface area (Å²) in [6.07, 6.45) is 2.53. The zero-order valence-electron chi connectivity index (χ0n) is 14.7. The number of aryl methyl sites for hydroxylation is 1. The van der Waals surface area contributed by atoms with Crippen molar-refractivity contribution in [3.8, 4) is 5.75 Å². The van der Waals surface area contributed by atoms with Gasteiger partial charge in [-0.3, -0.25) is 9.59 Å². The Morgan fingerprint density at radius 3 is 2.54 bits per heavy atom. The molecule has 3 rings (SSSR count). The van der Waals surface area contributed by atoms with E-state index in [1.165, 1.54) is 0 Å². The van der Waals surface area contributed by atoms with Crippen LogP contribution in [0.25, 0.3) is 0 Å². The lowest BCUT2D eigenvalue weighted by Crippen LogP contribution is -2.38. The number of carbonyl (C=O) groups excluding carboxylic acids is 1. The summed E-state index contributed by atoms with van der Waals surface area (Å²) in [5, 5.41) is 12.0. The van der Waals surface area contributed by atoms with Crippen molar-refractivity contribution in [3.63, 3.8) is 0 Å². The number of carboxylic acid groups (broad SMARTS) is 1. The van der Waals surface area contributed by atoms with Gasteiger partial charge in [-0.25, -0.2) is 0 Å². The fourth-order valence-corrected chi connectivity index (χ4v) is 3.25. The molecule has 2 aromatic rings. The molecule has 26 heavy (non-hydrogen) atoms. The summed E-state index contributed by atoms with van der Waals surface area (Å²) in [5.74, 6) is 0.313. The van der Waals surface area contributed by atoms with Crippen molar-refractivity contribution >= 4 is 11.9 Å². The Morgan fingerprint density at radius 2 is 1.88 bits per heavy atom. The molecule has 0 unspecified atom stereocenters. The Kier molecular flexibility index (Phi) is 5.61. The number of carbonyl (C=O) groups is 2. The molecule has 6 heteroatoms. The van der Waals surface area contributed by atoms with Crippen molar-refractivity contribution in [3.05, 3.63) is 53.5 Å². The molecule has 1 aromatic heterocycles. The molecule has 1 amide bonds. The van der Waals surface area contributed by atoms with Gasteiger partial charge in [0.15, 0.2) is 5.76 Å². The molecule has 0 radical (unpaired) electrons. The molecular formula is C20H23NO5. The van der Waals surface area contributed by atoms with E-state index in [1.54, 1.807) is 6.07 Å². The van der Waals surface area contributed by atoms with E-state index in [0.29, 0.717) is 31.4 Å². The van der Waals surface area contributed by atoms with Gasteiger partial charge in [-0.15, -0.1) is 0 Å². The van der Waals surface area contributed by atoms with Crippen molar-refractivity contribution in [1.29, 1.82) is 0 Å². The van der Waals surface area contributed by atoms with Gasteiger partial charge in [-0.1, -0.05) is 18.2 Å². The largest absolute Gasteiger partial charge is 0.486 e. The summed E-state index contributed by atoms with van der Waals surface area (Å²) in [7, 11) is 0. The molecule has 0 spiro atoms. The lowest BCUT2D eigenvalue weighted by atomic mass is 9.86. The van der Waals surface area contributed by atoms with Gasteiger partial charge in [0.05, 0.1) is 5.92 Å². The minimum atomic E-state index is -0.750. The molecule has 1 aromatic carbocycles. The van der Waals surface area contributed by atoms with Crippen LogP contribution >= 0.6 is 0 Å². The number of hydrogen-bond donors (Lipinski definition) is 2. The number of para-hydroxylation sites is 1. The summed E-state index contributed by atoms with van der Waals surface area (Å²) in [6.45, 7) is 2.08. The van der Waals surface area contributed by atoms with E-state index in [1.807, 2.05) is 37.3 Å². The zero-order valence-corrected chi connectivity index (χ0v) is 14.7. The Bertz CT molecular complexity index is 760. The van der Waals surface area contributed by atoms with Crippen LogP contribution in [0.15, 0.2) is 40.8 Å². The van der Waals surface area contributed by atoms with Crippen molar-refractivity contribution in [2.75, 3.05) is 0 Å². The molecule has 138 valence electrons. The molecule has 2 N–H and O–H groups in total. The molecule has 1 aliphatic rings. The third-order valence-electron chi connectivity index (χ3n) is 4.71. The third-order valence-corrected chi connectivity index (χ3v) is 4.71. The average molecular weight is 357 g/mol. The predicted molar refractivity (Wildman–Crippen MR) is 95.1 cm³/mol. The third kappa shape index (κ3) is 4.45. The first-order valence-corrected chi connectivity index (χ1v) is 8.83. The van der Waals surface area contributed by atoms with Gasteiger partial charge in [0.1, 0.15) is 18.1 Å². The van der Waals surface area contributed by atoms with Crippen LogP contribution in [0.5, 0.6) is 5.75 Å². The first-order valence-electron chi connectivity index (χ1n) is 8.83. The van der Waals surface area contributed by atoms with E-state index in [-0.39, 0.29) is 30.2 Å². The number of rotatable bonds is 6. The topological polar surface area (TPSA) is 88.8 Å². The molecule has 1 heterocycles. The molecule has 0 bridgehead atoms. The van der Waals surface area contributed by atoms with Crippen LogP contribution in [0.4, 0.5) is 0 Å². The van der Waals surface area contributed by atoms with E-state index in [9.17, 15) is 9.59 Å². The van der Waals surface area contributed by atoms with Gasteiger partial charge in [-0.2, -0.15) is 0 Å². The van der Waals surface area contributed by atoms with Gasteiger partial charge < -0.3 is 19.6 Å². The second-order valence-electron chi connectivity index (χ2n) is 6.69. The Balaban J connectivity index is 1.55. The lowest BCUT2D eigenvalue weighted by Gasteiger charge is -2.26. The van der Waals surface area contributed by atoms with Gasteiger partial charge in [-0.05, 0) is 50.8 Å². The van der Waals surface area contributed by atoms with Crippen molar-refractivity contribution < 1.29 is 23.8 Å². The minimum Gasteiger partial charge on any atom is -0.486 e. The number of nitrogens with one attached hydrogen (secondary N) is 1. The van der Waals surface area contributed by atoms with Crippen molar-refractivity contribution in [2.45, 2.75) is 45.3 Å². The van der Waals surface area contributed by atoms with E-state index in [0.717, 1.165) is 11.3 Å². The van der Waals surface area contributed by atoms with Gasteiger partial charge in [0.25, 0.3) is 5.91 Å². The average Bonchev–Trinajstić information content (AvgIpc) is 3.02. The van der Waals surface area contributed by atoms with Crippen LogP contribution < -0.4 is 10.1 Å². The van der Waals surface area contributed by atoms with Gasteiger partial charge >= 0.3 is 5.97 Å². The number of furan rings is 1. The van der Waals surface area contributed by atoms with Gasteiger partial charge in [0, 0.05) is 11.6 Å². The summed E-state index contributed by atoms with van der Waals surface area (Å²) in [5.41, 5.74) is 0.758. The predicted octanol–water partition coefficient (Wildman–Crippen LogP) is 3.54. The second-order valence-corrected chi connectivity index (χ2v) is 6.69. The standard InChI is InChI=1S/C20H23NO5/c1-13-11-17(12-25-16-5-3-2-4-6-16)26-18(13)19(22)21-15-9-7-14(8-10-15)20(23)24/h2-6,11,14-15H,7-10,12H2,1H3,(H,21,22)(H,23,24). The van der Waals surface area contributed by atoms with E-state index < -0.39 is 5.97 Å². The number of benzene rings is 1. The zero-order chi connectivity index (χ0) is 18.5. The summed E-state index contributed by atoms with van der Waals surface area (Å²) in [4.78, 5) is 23.5. The van der Waals surface area contributed by atoms with Crippen LogP contribution in [0.1, 0.15) is 47.6 Å². The smallest absolute Gasteiger partial charge is 0.306 e. The molecule has 0 atom stereocenters. The molecule has 0 saturated heterocycles. The first kappa shape index (κ1) is 18.0. The van der Waals surface area contributed by atoms with Gasteiger partial charge in [0.2, 0.25) is 0 Å². The molecule has 6 nitrogen and oxygen atoms in total. The first-order chi connectivity index (χ1) is 12.5. The van der Waals surface area contributed by atoms with E-state index in [2.05, 4.69) is 5.32 Å². The van der Waals surface area contributed by atoms with Crippen LogP contribution in [-0.2, 0) is 11.4 Å². The SMILES string of the molecule is Cc1cc(COc2ccccc2)oc1C(=O)NC1CCC(C(=O)O)CC1. The highest BCUT2D eigenvalue weighted by molar-refractivity contribution is 5.93. The second kappa shape index (κ2) is 8.08. The Hall–Kier alpha value is -2.76. The number of carboxylic acids is 1. The maximum atomic E-state index is 12.5. The highest BCUT2D eigenvalue weighted by atomic mass is 16.5. The molecule has 1 fully saturated rings. The molecule has 1 saturated carbocycles. The normalized spacial score (nSPS) is 19.7. The van der Waals surface area contributed by atoms with Crippen molar-refractivity contribution in [1.82, 2.24) is 5.32 Å². The highest BCUT2D eigenvalue weighted by Crippen LogP contribution is 2.25. The quantitative estimate of drug-likeness (QED) is 0.825. The fourth-order valence-electron chi connectivity index (χ4n) is 3.25. The summed E-state index contributed by atoms with van der Waals surface area (Å²) in [6, 6.07) is 11.2. The van der Waals surface area contributed by atoms with Crippen molar-refractivity contribution in [2.24, 2.45) is 5.92 Å². The van der Waals surface area contributed by atoms with Crippen LogP contribution in [-0.4, -0.2) is 23.0 Å². The monoisotopic (exact) mass is 357 g/mol. The van der Waals surface area contributed by atoms with Crippen LogP contribution in [0.2, 0.25) is 0 Å². The number of ether oxygens (including phenoxy) is 1. The van der Waals surface area contributed by atoms with E-state index in [4.69, 9.17) is 14.3 Å². The number of hydrogen-bond acceptors (Lipinski definition) is 4. The molecule has 1 aliphatic carbocycles. The lowest BCUT2D eigenvalue weighted by molar-refractivity contribution is -0.142. The Morgan fingerprint density at radius 1 is 1.19 bits per heavy atom. The van der Waals surface area contributed by atoms with Crippen LogP contribution in [0, 0.1) is 12.8 Å². The fraction of sp³-hybridized carbons (Fsp3) is 0.400. The minimum absolute atomic E-state index is 0.00776. The Labute approximate surface area is 152 Å². The van der Waals surface area contributed by atoms with Crippen LogP contribution in [0.3, 0.4) is 0 Å². The number of aliphatic carboxylic acids is 1. The maximum absolute atomic E-state index is 12.5. The van der Waals surface area contributed by atoms with E-state index >= 15 is 0 Å². The maximum Gasteiger partial charge on any atom is 0.306 e. The summed E-state index contributed by atoms with van der Waals surface area (Å²) >= 11 is 0. The number of amides is 1. The molecular weight excluding hydrogens is 334 g/mol. The highest BCUT2D eigenvalue weighted by Gasteiger charge is 2.28. The summed E-state index contributed by atoms with van der Waals surface area (Å²) < 4.78 is 11.3. The molecule has 0 aliphatic heterocycles.